The van der Waals surface area contributed by atoms with Crippen LogP contribution in [0.15, 0.2) is 61.1 Å². The van der Waals surface area contributed by atoms with Gasteiger partial charge in [-0.2, -0.15) is 5.10 Å². The van der Waals surface area contributed by atoms with Gasteiger partial charge in [0, 0.05) is 31.5 Å². The van der Waals surface area contributed by atoms with Crippen LogP contribution in [0.25, 0.3) is 22.3 Å². The highest BCUT2D eigenvalue weighted by molar-refractivity contribution is 6.06. The van der Waals surface area contributed by atoms with E-state index in [2.05, 4.69) is 20.4 Å². The minimum Gasteiger partial charge on any atom is -0.352 e. The molecule has 0 spiro atoms. The highest BCUT2D eigenvalue weighted by atomic mass is 19.1. The van der Waals surface area contributed by atoms with E-state index in [0.29, 0.717) is 40.8 Å². The van der Waals surface area contributed by atoms with Gasteiger partial charge in [0.2, 0.25) is 0 Å². The van der Waals surface area contributed by atoms with Gasteiger partial charge in [0.1, 0.15) is 5.82 Å². The average Bonchev–Trinajstić information content (AvgIpc) is 3.10. The van der Waals surface area contributed by atoms with Gasteiger partial charge < -0.3 is 5.32 Å². The maximum atomic E-state index is 13.8. The normalized spacial score (nSPS) is 10.9. The van der Waals surface area contributed by atoms with Gasteiger partial charge in [-0.1, -0.05) is 18.2 Å². The monoisotopic (exact) mass is 375 g/mol. The fourth-order valence-corrected chi connectivity index (χ4v) is 3.07. The topological polar surface area (TPSA) is 72.7 Å². The van der Waals surface area contributed by atoms with Crippen molar-refractivity contribution in [2.75, 3.05) is 6.54 Å². The molecule has 0 radical (unpaired) electrons. The van der Waals surface area contributed by atoms with Gasteiger partial charge in [-0.15, -0.1) is 0 Å². The predicted octanol–water partition coefficient (Wildman–Crippen LogP) is 3.14. The van der Waals surface area contributed by atoms with Gasteiger partial charge >= 0.3 is 0 Å². The molecule has 1 N–H and O–H groups in total. The number of halogens is 1. The number of carbonyl (C=O) groups excluding carboxylic acids is 1. The van der Waals surface area contributed by atoms with Crippen molar-refractivity contribution in [1.29, 1.82) is 0 Å². The van der Waals surface area contributed by atoms with E-state index >= 15 is 0 Å². The Bertz CT molecular complexity index is 1140. The number of benzene rings is 1. The lowest BCUT2D eigenvalue weighted by Crippen LogP contribution is -2.26. The van der Waals surface area contributed by atoms with E-state index in [1.165, 1.54) is 6.07 Å². The summed E-state index contributed by atoms with van der Waals surface area (Å²) in [5, 5.41) is 7.76. The van der Waals surface area contributed by atoms with Crippen LogP contribution in [-0.4, -0.2) is 32.2 Å². The first-order chi connectivity index (χ1) is 13.6. The number of nitrogens with zero attached hydrogens (tertiary/aromatic N) is 4. The molecule has 4 rings (SSSR count). The minimum atomic E-state index is -0.269. The number of hydrogen-bond acceptors (Lipinski definition) is 4. The molecule has 0 unspecified atom stereocenters. The minimum absolute atomic E-state index is 0.248. The van der Waals surface area contributed by atoms with Crippen molar-refractivity contribution >= 4 is 16.9 Å². The maximum absolute atomic E-state index is 13.8. The Kier molecular flexibility index (Phi) is 4.80. The number of amides is 1. The summed E-state index contributed by atoms with van der Waals surface area (Å²) in [6.45, 7) is 0.325. The maximum Gasteiger partial charge on any atom is 0.252 e. The first-order valence-corrected chi connectivity index (χ1v) is 8.88. The number of rotatable bonds is 5. The van der Waals surface area contributed by atoms with Crippen LogP contribution in [-0.2, 0) is 13.5 Å². The van der Waals surface area contributed by atoms with E-state index in [-0.39, 0.29) is 11.7 Å². The van der Waals surface area contributed by atoms with Crippen LogP contribution in [0, 0.1) is 5.82 Å². The molecule has 0 atom stereocenters. The van der Waals surface area contributed by atoms with E-state index in [9.17, 15) is 9.18 Å². The Hall–Kier alpha value is -3.61. The van der Waals surface area contributed by atoms with Crippen LogP contribution in [0.3, 0.4) is 0 Å². The molecule has 0 saturated carbocycles. The molecule has 0 saturated heterocycles. The van der Waals surface area contributed by atoms with Crippen molar-refractivity contribution in [3.63, 3.8) is 0 Å². The molecule has 3 heterocycles. The Labute approximate surface area is 161 Å². The highest BCUT2D eigenvalue weighted by Crippen LogP contribution is 2.24. The van der Waals surface area contributed by atoms with Crippen LogP contribution < -0.4 is 5.32 Å². The summed E-state index contributed by atoms with van der Waals surface area (Å²) in [6.07, 6.45) is 5.42. The largest absolute Gasteiger partial charge is 0.352 e. The highest BCUT2D eigenvalue weighted by Gasteiger charge is 2.16. The second-order valence-electron chi connectivity index (χ2n) is 6.40. The van der Waals surface area contributed by atoms with Gasteiger partial charge in [0.05, 0.1) is 22.8 Å². The van der Waals surface area contributed by atoms with Gasteiger partial charge in [-0.25, -0.2) is 9.37 Å². The lowest BCUT2D eigenvalue weighted by molar-refractivity contribution is 0.0955. The fourth-order valence-electron chi connectivity index (χ4n) is 3.07. The van der Waals surface area contributed by atoms with Crippen molar-refractivity contribution < 1.29 is 9.18 Å². The number of fused-ring (bicyclic) bond motifs is 1. The Morgan fingerprint density at radius 1 is 1.18 bits per heavy atom. The Balaban J connectivity index is 1.62. The first kappa shape index (κ1) is 17.8. The number of aromatic nitrogens is 4. The zero-order valence-electron chi connectivity index (χ0n) is 15.3. The van der Waals surface area contributed by atoms with Gasteiger partial charge in [-0.3, -0.25) is 14.5 Å². The zero-order chi connectivity index (χ0) is 19.5. The van der Waals surface area contributed by atoms with Crippen molar-refractivity contribution in [2.24, 2.45) is 7.05 Å². The molecule has 1 amide bonds. The first-order valence-electron chi connectivity index (χ1n) is 8.88. The summed E-state index contributed by atoms with van der Waals surface area (Å²) in [5.74, 6) is -0.518. The molecule has 4 aromatic rings. The van der Waals surface area contributed by atoms with Crippen LogP contribution in [0.1, 0.15) is 15.9 Å². The number of pyridine rings is 2. The van der Waals surface area contributed by atoms with Gasteiger partial charge in [0.25, 0.3) is 5.91 Å². The van der Waals surface area contributed by atoms with Crippen molar-refractivity contribution in [1.82, 2.24) is 25.1 Å². The van der Waals surface area contributed by atoms with Crippen LogP contribution in [0.5, 0.6) is 0 Å². The smallest absolute Gasteiger partial charge is 0.252 e. The molecule has 0 aliphatic rings. The van der Waals surface area contributed by atoms with E-state index < -0.39 is 0 Å². The molecule has 3 aromatic heterocycles. The number of hydrogen-bond donors (Lipinski definition) is 1. The third-order valence-electron chi connectivity index (χ3n) is 4.54. The quantitative estimate of drug-likeness (QED) is 0.582. The van der Waals surface area contributed by atoms with Gasteiger partial charge in [0.15, 0.2) is 5.65 Å². The van der Waals surface area contributed by atoms with Crippen LogP contribution >= 0.6 is 0 Å². The molecule has 6 nitrogen and oxygen atoms in total. The summed E-state index contributed by atoms with van der Waals surface area (Å²) < 4.78 is 15.4. The van der Waals surface area contributed by atoms with E-state index in [1.807, 2.05) is 12.1 Å². The number of aryl methyl sites for hydroxylation is 1. The third-order valence-corrected chi connectivity index (χ3v) is 4.54. The fraction of sp³-hybridized carbons (Fsp3) is 0.143. The zero-order valence-corrected chi connectivity index (χ0v) is 15.3. The lowest BCUT2D eigenvalue weighted by Gasteiger charge is -2.09. The molecule has 7 heteroatoms. The van der Waals surface area contributed by atoms with Crippen LogP contribution in [0.4, 0.5) is 4.39 Å². The standard InChI is InChI=1S/C21H18FN5O/c1-27-20-17(13-25-27)16(11-19(26-20)15-6-4-9-23-12-15)21(28)24-10-8-14-5-2-3-7-18(14)22/h2-7,9,11-13H,8,10H2,1H3,(H,24,28). The molecule has 1 aromatic carbocycles. The summed E-state index contributed by atoms with van der Waals surface area (Å²) >= 11 is 0. The summed E-state index contributed by atoms with van der Waals surface area (Å²) in [6, 6.07) is 12.0. The molecular formula is C21H18FN5O. The summed E-state index contributed by atoms with van der Waals surface area (Å²) in [5.41, 5.74) is 3.11. The average molecular weight is 375 g/mol. The summed E-state index contributed by atoms with van der Waals surface area (Å²) in [4.78, 5) is 21.6. The second kappa shape index (κ2) is 7.56. The number of carbonyl (C=O) groups is 1. The molecule has 0 fully saturated rings. The molecule has 0 aliphatic carbocycles. The Morgan fingerprint density at radius 2 is 2.04 bits per heavy atom. The summed E-state index contributed by atoms with van der Waals surface area (Å²) in [7, 11) is 1.78. The molecule has 28 heavy (non-hydrogen) atoms. The van der Waals surface area contributed by atoms with E-state index in [1.54, 1.807) is 54.6 Å². The van der Waals surface area contributed by atoms with E-state index in [0.717, 1.165) is 5.56 Å². The van der Waals surface area contributed by atoms with E-state index in [4.69, 9.17) is 0 Å². The van der Waals surface area contributed by atoms with Crippen molar-refractivity contribution in [3.8, 4) is 11.3 Å². The predicted molar refractivity (Wildman–Crippen MR) is 104 cm³/mol. The van der Waals surface area contributed by atoms with Crippen molar-refractivity contribution in [2.45, 2.75) is 6.42 Å². The SMILES string of the molecule is Cn1ncc2c(C(=O)NCCc3ccccc3F)cc(-c3cccnc3)nc21. The third kappa shape index (κ3) is 3.46. The molecule has 140 valence electrons. The second-order valence-corrected chi connectivity index (χ2v) is 6.40. The number of nitrogens with one attached hydrogen (secondary N) is 1. The molecule has 0 aliphatic heterocycles. The Morgan fingerprint density at radius 3 is 2.82 bits per heavy atom. The van der Waals surface area contributed by atoms with Crippen LogP contribution in [0.2, 0.25) is 0 Å². The van der Waals surface area contributed by atoms with Crippen molar-refractivity contribution in [3.05, 3.63) is 78.0 Å². The molecular weight excluding hydrogens is 357 g/mol. The lowest BCUT2D eigenvalue weighted by atomic mass is 10.1. The van der Waals surface area contributed by atoms with Gasteiger partial charge in [-0.05, 0) is 36.2 Å². The molecule has 0 bridgehead atoms.